The quantitative estimate of drug-likeness (QED) is 0.194. The molecule has 0 aliphatic heterocycles. The third-order valence-corrected chi connectivity index (χ3v) is 5.22. The van der Waals surface area contributed by atoms with Gasteiger partial charge in [0, 0.05) is 22.7 Å². The summed E-state index contributed by atoms with van der Waals surface area (Å²) in [5, 5.41) is 17.7. The minimum absolute atomic E-state index is 0. The lowest BCUT2D eigenvalue weighted by Gasteiger charge is -2.19. The second-order valence-corrected chi connectivity index (χ2v) is 7.67. The molecule has 10 heteroatoms. The highest BCUT2D eigenvalue weighted by atomic mass is 127. The van der Waals surface area contributed by atoms with Crippen molar-refractivity contribution in [2.45, 2.75) is 25.6 Å². The summed E-state index contributed by atoms with van der Waals surface area (Å²) in [4.78, 5) is 6.50. The van der Waals surface area contributed by atoms with Crippen LogP contribution in [0.25, 0.3) is 10.1 Å². The molecule has 0 saturated carbocycles. The average molecular weight is 544 g/mol. The first-order valence-electron chi connectivity index (χ1n) is 9.22. The number of nitrogens with one attached hydrogen (secondary N) is 2. The predicted octanol–water partition coefficient (Wildman–Crippen LogP) is 3.99. The second kappa shape index (κ2) is 12.6. The number of aliphatic hydroxyl groups is 1. The van der Waals surface area contributed by atoms with Crippen LogP contribution in [-0.2, 0) is 0 Å². The molecule has 1 unspecified atom stereocenters. The highest BCUT2D eigenvalue weighted by molar-refractivity contribution is 14.0. The van der Waals surface area contributed by atoms with Gasteiger partial charge in [0.2, 0.25) is 0 Å². The number of rotatable bonds is 9. The van der Waals surface area contributed by atoms with E-state index in [1.807, 2.05) is 37.3 Å². The number of fused-ring (bicyclic) bond motifs is 1. The standard InChI is InChI=1S/C19H27F3N4OS.HI/c1-3-23-18(24-9-6-10-26(2)13-19(20,21)22)25-12-15(27)17-11-14-7-4-5-8-16(14)28-17;/h4-5,7-8,11,15,27H,3,6,9-10,12-13H2,1-2H3,(H2,23,24,25);1H. The first-order valence-corrected chi connectivity index (χ1v) is 10.0. The van der Waals surface area contributed by atoms with Gasteiger partial charge in [-0.25, -0.2) is 0 Å². The van der Waals surface area contributed by atoms with Crippen molar-refractivity contribution in [3.05, 3.63) is 35.2 Å². The summed E-state index contributed by atoms with van der Waals surface area (Å²) in [5.41, 5.74) is 0. The van der Waals surface area contributed by atoms with E-state index in [0.717, 1.165) is 15.0 Å². The van der Waals surface area contributed by atoms with Gasteiger partial charge in [0.1, 0.15) is 6.10 Å². The summed E-state index contributed by atoms with van der Waals surface area (Å²) in [6.07, 6.45) is -4.33. The summed E-state index contributed by atoms with van der Waals surface area (Å²) >= 11 is 1.54. The van der Waals surface area contributed by atoms with E-state index < -0.39 is 18.8 Å². The van der Waals surface area contributed by atoms with E-state index in [4.69, 9.17) is 0 Å². The largest absolute Gasteiger partial charge is 0.401 e. The summed E-state index contributed by atoms with van der Waals surface area (Å²) in [5.74, 6) is 0.543. The van der Waals surface area contributed by atoms with Crippen molar-refractivity contribution in [1.82, 2.24) is 15.5 Å². The third kappa shape index (κ3) is 9.49. The number of aliphatic hydroxyl groups excluding tert-OH is 1. The Hall–Kier alpha value is -1.11. The Morgan fingerprint density at radius 1 is 1.28 bits per heavy atom. The van der Waals surface area contributed by atoms with Crippen LogP contribution in [0.5, 0.6) is 0 Å². The number of halogens is 4. The highest BCUT2D eigenvalue weighted by Crippen LogP contribution is 2.29. The lowest BCUT2D eigenvalue weighted by molar-refractivity contribution is -0.143. The Morgan fingerprint density at radius 3 is 2.66 bits per heavy atom. The Labute approximate surface area is 190 Å². The number of guanidine groups is 1. The number of hydrogen-bond acceptors (Lipinski definition) is 4. The Balaban J connectivity index is 0.00000420. The smallest absolute Gasteiger partial charge is 0.386 e. The molecule has 5 nitrogen and oxygen atoms in total. The molecule has 1 aromatic carbocycles. The van der Waals surface area contributed by atoms with Gasteiger partial charge in [-0.15, -0.1) is 35.3 Å². The lowest BCUT2D eigenvalue weighted by atomic mass is 10.2. The topological polar surface area (TPSA) is 59.9 Å². The molecule has 0 saturated heterocycles. The molecule has 1 aromatic heterocycles. The molecule has 0 aliphatic carbocycles. The SMILES string of the molecule is CCNC(=NCC(O)c1cc2ccccc2s1)NCCCN(C)CC(F)(F)F.I. The monoisotopic (exact) mass is 544 g/mol. The Kier molecular flexibility index (Phi) is 11.2. The maximum absolute atomic E-state index is 12.3. The van der Waals surface area contributed by atoms with E-state index in [1.54, 1.807) is 11.3 Å². The minimum Gasteiger partial charge on any atom is -0.386 e. The summed E-state index contributed by atoms with van der Waals surface area (Å²) in [7, 11) is 1.45. The van der Waals surface area contributed by atoms with Gasteiger partial charge in [-0.3, -0.25) is 9.89 Å². The molecule has 164 valence electrons. The van der Waals surface area contributed by atoms with Gasteiger partial charge < -0.3 is 15.7 Å². The number of hydrogen-bond donors (Lipinski definition) is 3. The van der Waals surface area contributed by atoms with Crippen molar-refractivity contribution >= 4 is 51.4 Å². The molecule has 0 radical (unpaired) electrons. The molecule has 29 heavy (non-hydrogen) atoms. The van der Waals surface area contributed by atoms with E-state index in [1.165, 1.54) is 11.9 Å². The zero-order valence-corrected chi connectivity index (χ0v) is 19.6. The zero-order valence-electron chi connectivity index (χ0n) is 16.5. The average Bonchev–Trinajstić information content (AvgIpc) is 3.05. The maximum atomic E-state index is 12.3. The molecular weight excluding hydrogens is 516 g/mol. The van der Waals surface area contributed by atoms with Crippen LogP contribution in [0.2, 0.25) is 0 Å². The fraction of sp³-hybridized carbons (Fsp3) is 0.526. The summed E-state index contributed by atoms with van der Waals surface area (Å²) in [6.45, 7) is 2.69. The molecule has 2 rings (SSSR count). The van der Waals surface area contributed by atoms with Crippen LogP contribution < -0.4 is 10.6 Å². The van der Waals surface area contributed by atoms with Crippen LogP contribution in [0, 0.1) is 0 Å². The molecule has 0 bridgehead atoms. The normalized spacial score (nSPS) is 13.4. The van der Waals surface area contributed by atoms with Gasteiger partial charge in [-0.2, -0.15) is 13.2 Å². The first kappa shape index (κ1) is 25.9. The fourth-order valence-corrected chi connectivity index (χ4v) is 3.76. The first-order chi connectivity index (χ1) is 13.3. The number of benzene rings is 1. The zero-order chi connectivity index (χ0) is 20.6. The van der Waals surface area contributed by atoms with Crippen molar-refractivity contribution in [3.63, 3.8) is 0 Å². The summed E-state index contributed by atoms with van der Waals surface area (Å²) < 4.78 is 38.1. The van der Waals surface area contributed by atoms with E-state index >= 15 is 0 Å². The molecule has 0 amide bonds. The molecule has 3 N–H and O–H groups in total. The maximum Gasteiger partial charge on any atom is 0.401 e. The number of alkyl halides is 3. The fourth-order valence-electron chi connectivity index (χ4n) is 2.72. The predicted molar refractivity (Wildman–Crippen MR) is 124 cm³/mol. The van der Waals surface area contributed by atoms with E-state index in [2.05, 4.69) is 15.6 Å². The third-order valence-electron chi connectivity index (χ3n) is 4.00. The number of nitrogens with zero attached hydrogens (tertiary/aromatic N) is 2. The van der Waals surface area contributed by atoms with Gasteiger partial charge in [0.15, 0.2) is 5.96 Å². The lowest BCUT2D eigenvalue weighted by Crippen LogP contribution is -2.39. The molecule has 1 heterocycles. The van der Waals surface area contributed by atoms with Gasteiger partial charge in [0.05, 0.1) is 13.1 Å². The van der Waals surface area contributed by atoms with Crippen LogP contribution in [0.15, 0.2) is 35.3 Å². The van der Waals surface area contributed by atoms with Crippen molar-refractivity contribution < 1.29 is 18.3 Å². The van der Waals surface area contributed by atoms with Crippen LogP contribution in [0.3, 0.4) is 0 Å². The molecule has 0 fully saturated rings. The van der Waals surface area contributed by atoms with Gasteiger partial charge in [-0.05, 0) is 44.5 Å². The Morgan fingerprint density at radius 2 is 2.00 bits per heavy atom. The number of aliphatic imine (C=N–C) groups is 1. The number of thiophene rings is 1. The van der Waals surface area contributed by atoms with E-state index in [0.29, 0.717) is 32.0 Å². The minimum atomic E-state index is -4.18. The summed E-state index contributed by atoms with van der Waals surface area (Å²) in [6, 6.07) is 9.92. The molecule has 2 aromatic rings. The molecule has 1 atom stereocenters. The van der Waals surface area contributed by atoms with Crippen LogP contribution in [0.1, 0.15) is 24.3 Å². The van der Waals surface area contributed by atoms with Crippen LogP contribution in [0.4, 0.5) is 13.2 Å². The van der Waals surface area contributed by atoms with Crippen molar-refractivity contribution in [2.75, 3.05) is 39.8 Å². The molecular formula is C19H28F3IN4OS. The molecule has 0 aliphatic rings. The van der Waals surface area contributed by atoms with E-state index in [-0.39, 0.29) is 30.5 Å². The van der Waals surface area contributed by atoms with Gasteiger partial charge in [-0.1, -0.05) is 18.2 Å². The van der Waals surface area contributed by atoms with Crippen molar-refractivity contribution in [3.8, 4) is 0 Å². The van der Waals surface area contributed by atoms with Gasteiger partial charge in [0.25, 0.3) is 0 Å². The van der Waals surface area contributed by atoms with Crippen molar-refractivity contribution in [2.24, 2.45) is 4.99 Å². The van der Waals surface area contributed by atoms with Crippen LogP contribution in [-0.4, -0.2) is 61.9 Å². The second-order valence-electron chi connectivity index (χ2n) is 6.56. The Bertz CT molecular complexity index is 736. The molecule has 0 spiro atoms. The van der Waals surface area contributed by atoms with Crippen molar-refractivity contribution in [1.29, 1.82) is 0 Å². The highest BCUT2D eigenvalue weighted by Gasteiger charge is 2.28. The van der Waals surface area contributed by atoms with E-state index in [9.17, 15) is 18.3 Å². The van der Waals surface area contributed by atoms with Gasteiger partial charge >= 0.3 is 6.18 Å². The van der Waals surface area contributed by atoms with Crippen LogP contribution >= 0.6 is 35.3 Å².